The molecule has 2 aromatic rings. The Kier molecular flexibility index (Phi) is 6.59. The van der Waals surface area contributed by atoms with Gasteiger partial charge < -0.3 is 10.1 Å². The molecule has 1 N–H and O–H groups in total. The average molecular weight is 417 g/mol. The molecule has 1 fully saturated rings. The Morgan fingerprint density at radius 3 is 2.38 bits per heavy atom. The number of benzene rings is 2. The minimum atomic E-state index is -3.57. The summed E-state index contributed by atoms with van der Waals surface area (Å²) in [6, 6.07) is 13.2. The molecule has 1 saturated carbocycles. The normalized spacial score (nSPS) is 15.1. The number of rotatable bonds is 7. The molecule has 7 heteroatoms. The van der Waals surface area contributed by atoms with Crippen LogP contribution >= 0.6 is 0 Å². The number of amides is 1. The van der Waals surface area contributed by atoms with Gasteiger partial charge in [-0.1, -0.05) is 6.07 Å². The van der Waals surface area contributed by atoms with E-state index < -0.39 is 10.0 Å². The zero-order valence-corrected chi connectivity index (χ0v) is 17.9. The lowest BCUT2D eigenvalue weighted by atomic mass is 10.2. The fraction of sp³-hybridized carbons (Fsp3) is 0.409. The molecular weight excluding hydrogens is 388 g/mol. The van der Waals surface area contributed by atoms with E-state index in [0.29, 0.717) is 11.3 Å². The third-order valence-electron chi connectivity index (χ3n) is 5.22. The average Bonchev–Trinajstić information content (AvgIpc) is 3.20. The van der Waals surface area contributed by atoms with Crippen LogP contribution in [-0.2, 0) is 10.0 Å². The Morgan fingerprint density at radius 2 is 1.76 bits per heavy atom. The highest BCUT2D eigenvalue weighted by Crippen LogP contribution is 2.26. The first-order chi connectivity index (χ1) is 13.8. The molecule has 2 aromatic carbocycles. The van der Waals surface area contributed by atoms with Crippen molar-refractivity contribution in [2.75, 3.05) is 12.4 Å². The number of hydrogen-bond acceptors (Lipinski definition) is 4. The monoisotopic (exact) mass is 416 g/mol. The summed E-state index contributed by atoms with van der Waals surface area (Å²) >= 11 is 0. The predicted molar refractivity (Wildman–Crippen MR) is 114 cm³/mol. The fourth-order valence-corrected chi connectivity index (χ4v) is 4.64. The van der Waals surface area contributed by atoms with Crippen LogP contribution in [0.25, 0.3) is 0 Å². The zero-order valence-electron chi connectivity index (χ0n) is 17.1. The number of carbonyl (C=O) groups excluding carboxylic acids is 1. The number of carbonyl (C=O) groups is 1. The molecule has 156 valence electrons. The lowest BCUT2D eigenvalue weighted by Crippen LogP contribution is -2.33. The van der Waals surface area contributed by atoms with Crippen LogP contribution in [0.3, 0.4) is 0 Å². The van der Waals surface area contributed by atoms with Crippen molar-refractivity contribution >= 4 is 21.6 Å². The third kappa shape index (κ3) is 5.16. The highest BCUT2D eigenvalue weighted by molar-refractivity contribution is 7.89. The third-order valence-corrected chi connectivity index (χ3v) is 7.27. The largest absolute Gasteiger partial charge is 0.490 e. The van der Waals surface area contributed by atoms with Crippen LogP contribution in [0.5, 0.6) is 5.75 Å². The summed E-state index contributed by atoms with van der Waals surface area (Å²) in [5, 5.41) is 2.84. The molecule has 0 unspecified atom stereocenters. The topological polar surface area (TPSA) is 75.7 Å². The zero-order chi connectivity index (χ0) is 21.0. The smallest absolute Gasteiger partial charge is 0.255 e. The molecule has 1 amide bonds. The Hall–Kier alpha value is -2.38. The molecular formula is C22H28N2O4S. The maximum Gasteiger partial charge on any atom is 0.255 e. The van der Waals surface area contributed by atoms with Crippen LogP contribution in [0.4, 0.5) is 5.69 Å². The van der Waals surface area contributed by atoms with Crippen LogP contribution in [0.15, 0.2) is 53.4 Å². The van der Waals surface area contributed by atoms with Gasteiger partial charge in [-0.25, -0.2) is 8.42 Å². The van der Waals surface area contributed by atoms with E-state index in [1.807, 2.05) is 32.0 Å². The summed E-state index contributed by atoms with van der Waals surface area (Å²) in [4.78, 5) is 12.7. The number of nitrogens with one attached hydrogen (secondary N) is 1. The van der Waals surface area contributed by atoms with Gasteiger partial charge in [0.05, 0.1) is 11.0 Å². The van der Waals surface area contributed by atoms with Crippen LogP contribution < -0.4 is 10.1 Å². The first-order valence-corrected chi connectivity index (χ1v) is 11.4. The van der Waals surface area contributed by atoms with E-state index in [4.69, 9.17) is 4.74 Å². The number of sulfonamides is 1. The second-order valence-corrected chi connectivity index (χ2v) is 9.64. The van der Waals surface area contributed by atoms with Crippen LogP contribution in [0, 0.1) is 0 Å². The highest BCUT2D eigenvalue weighted by Gasteiger charge is 2.23. The molecule has 0 spiro atoms. The van der Waals surface area contributed by atoms with Crippen LogP contribution in [-0.4, -0.2) is 37.8 Å². The summed E-state index contributed by atoms with van der Waals surface area (Å²) in [5.74, 6) is 0.442. The summed E-state index contributed by atoms with van der Waals surface area (Å²) in [5.41, 5.74) is 1.03. The molecule has 6 nitrogen and oxygen atoms in total. The van der Waals surface area contributed by atoms with E-state index in [0.717, 1.165) is 18.6 Å². The molecule has 0 radical (unpaired) electrons. The summed E-state index contributed by atoms with van der Waals surface area (Å²) in [6.45, 7) is 3.62. The van der Waals surface area contributed by atoms with E-state index in [1.54, 1.807) is 13.1 Å². The van der Waals surface area contributed by atoms with Crippen molar-refractivity contribution in [2.24, 2.45) is 0 Å². The van der Waals surface area contributed by atoms with Crippen molar-refractivity contribution in [1.82, 2.24) is 4.31 Å². The van der Waals surface area contributed by atoms with Crippen molar-refractivity contribution < 1.29 is 17.9 Å². The van der Waals surface area contributed by atoms with Crippen LogP contribution in [0.1, 0.15) is 49.9 Å². The minimum absolute atomic E-state index is 0.151. The van der Waals surface area contributed by atoms with Gasteiger partial charge in [0.15, 0.2) is 0 Å². The lowest BCUT2D eigenvalue weighted by molar-refractivity contribution is 0.102. The first kappa shape index (κ1) is 21.3. The standard InChI is InChI=1S/C22H28N2O4S/c1-16(2)24(3)29(26,27)21-13-11-17(12-14-21)22(25)23-18-7-6-10-20(15-18)28-19-8-4-5-9-19/h6-7,10-16,19H,4-5,8-9H2,1-3H3,(H,23,25). The van der Waals surface area contributed by atoms with Gasteiger partial charge in [-0.2, -0.15) is 4.31 Å². The fourth-order valence-electron chi connectivity index (χ4n) is 3.27. The molecule has 0 saturated heterocycles. The van der Waals surface area contributed by atoms with E-state index in [1.165, 1.54) is 41.4 Å². The van der Waals surface area contributed by atoms with Crippen molar-refractivity contribution in [1.29, 1.82) is 0 Å². The minimum Gasteiger partial charge on any atom is -0.490 e. The number of anilines is 1. The quantitative estimate of drug-likeness (QED) is 0.731. The van der Waals surface area contributed by atoms with Gasteiger partial charge in [0.1, 0.15) is 5.75 Å². The van der Waals surface area contributed by atoms with Crippen molar-refractivity contribution in [2.45, 2.75) is 56.6 Å². The maximum absolute atomic E-state index is 12.6. The first-order valence-electron chi connectivity index (χ1n) is 9.93. The summed E-state index contributed by atoms with van der Waals surface area (Å²) in [7, 11) is -2.03. The molecule has 1 aliphatic carbocycles. The summed E-state index contributed by atoms with van der Waals surface area (Å²) < 4.78 is 32.4. The molecule has 0 aromatic heterocycles. The maximum atomic E-state index is 12.6. The molecule has 1 aliphatic rings. The Morgan fingerprint density at radius 1 is 1.10 bits per heavy atom. The molecule has 0 aliphatic heterocycles. The number of hydrogen-bond donors (Lipinski definition) is 1. The van der Waals surface area contributed by atoms with Gasteiger partial charge in [-0.3, -0.25) is 4.79 Å². The number of ether oxygens (including phenoxy) is 1. The molecule has 29 heavy (non-hydrogen) atoms. The van der Waals surface area contributed by atoms with Crippen molar-refractivity contribution in [3.8, 4) is 5.75 Å². The van der Waals surface area contributed by atoms with Crippen molar-refractivity contribution in [3.63, 3.8) is 0 Å². The van der Waals surface area contributed by atoms with Crippen molar-refractivity contribution in [3.05, 3.63) is 54.1 Å². The summed E-state index contributed by atoms with van der Waals surface area (Å²) in [6.07, 6.45) is 4.77. The molecule has 0 atom stereocenters. The van der Waals surface area contributed by atoms with E-state index >= 15 is 0 Å². The Bertz CT molecular complexity index is 949. The van der Waals surface area contributed by atoms with Gasteiger partial charge in [-0.15, -0.1) is 0 Å². The van der Waals surface area contributed by atoms with E-state index in [2.05, 4.69) is 5.32 Å². The second-order valence-electron chi connectivity index (χ2n) is 7.65. The highest BCUT2D eigenvalue weighted by atomic mass is 32.2. The number of nitrogens with zero attached hydrogens (tertiary/aromatic N) is 1. The van der Waals surface area contributed by atoms with Gasteiger partial charge >= 0.3 is 0 Å². The Labute approximate surface area is 172 Å². The van der Waals surface area contributed by atoms with Gasteiger partial charge in [0, 0.05) is 30.4 Å². The lowest BCUT2D eigenvalue weighted by Gasteiger charge is -2.21. The predicted octanol–water partition coefficient (Wildman–Crippen LogP) is 4.29. The van der Waals surface area contributed by atoms with Gasteiger partial charge in [-0.05, 0) is 75.9 Å². The SMILES string of the molecule is CC(C)N(C)S(=O)(=O)c1ccc(C(=O)Nc2cccc(OC3CCCC3)c2)cc1. The molecule has 0 bridgehead atoms. The van der Waals surface area contributed by atoms with Gasteiger partial charge in [0.25, 0.3) is 5.91 Å². The molecule has 3 rings (SSSR count). The van der Waals surface area contributed by atoms with Gasteiger partial charge in [0.2, 0.25) is 10.0 Å². The molecule has 0 heterocycles. The second kappa shape index (κ2) is 8.97. The Balaban J connectivity index is 1.68. The van der Waals surface area contributed by atoms with E-state index in [9.17, 15) is 13.2 Å². The van der Waals surface area contributed by atoms with Crippen LogP contribution in [0.2, 0.25) is 0 Å². The van der Waals surface area contributed by atoms with E-state index in [-0.39, 0.29) is 22.9 Å².